The van der Waals surface area contributed by atoms with Gasteiger partial charge in [0.1, 0.15) is 5.82 Å². The number of benzene rings is 2. The van der Waals surface area contributed by atoms with Gasteiger partial charge in [-0.3, -0.25) is 4.79 Å². The highest BCUT2D eigenvalue weighted by Crippen LogP contribution is 2.24. The molecule has 0 saturated heterocycles. The minimum atomic E-state index is -0.343. The Hall–Kier alpha value is -2.40. The summed E-state index contributed by atoms with van der Waals surface area (Å²) in [5, 5.41) is 4.23. The number of nitrogens with zero attached hydrogens (tertiary/aromatic N) is 2. The molecule has 0 unspecified atom stereocenters. The third-order valence-electron chi connectivity index (χ3n) is 3.69. The maximum atomic E-state index is 13.0. The molecule has 0 fully saturated rings. The fourth-order valence-corrected chi connectivity index (χ4v) is 2.77. The highest BCUT2D eigenvalue weighted by Gasteiger charge is 2.10. The van der Waals surface area contributed by atoms with E-state index in [-0.39, 0.29) is 11.4 Å². The van der Waals surface area contributed by atoms with E-state index in [1.165, 1.54) is 33.8 Å². The van der Waals surface area contributed by atoms with E-state index in [1.807, 2.05) is 30.5 Å². The Morgan fingerprint density at radius 2 is 1.70 bits per heavy atom. The quantitative estimate of drug-likeness (QED) is 0.681. The molecule has 0 radical (unpaired) electrons. The summed E-state index contributed by atoms with van der Waals surface area (Å²) < 4.78 is 14.3. The SMILES string of the molecule is CSc1ccc(-c2cnn(-c3ccc(F)cc3)c(=O)c2C)cc1. The lowest BCUT2D eigenvalue weighted by molar-refractivity contribution is 0.626. The lowest BCUT2D eigenvalue weighted by Crippen LogP contribution is -2.23. The predicted molar refractivity (Wildman–Crippen MR) is 91.7 cm³/mol. The number of thioether (sulfide) groups is 1. The van der Waals surface area contributed by atoms with Crippen LogP contribution in [0.5, 0.6) is 0 Å². The van der Waals surface area contributed by atoms with Crippen molar-refractivity contribution in [3.05, 3.63) is 76.5 Å². The first-order chi connectivity index (χ1) is 11.1. The van der Waals surface area contributed by atoms with Crippen molar-refractivity contribution in [1.82, 2.24) is 9.78 Å². The average Bonchev–Trinajstić information content (AvgIpc) is 2.58. The van der Waals surface area contributed by atoms with Gasteiger partial charge in [0.05, 0.1) is 11.9 Å². The Morgan fingerprint density at radius 3 is 2.30 bits per heavy atom. The van der Waals surface area contributed by atoms with E-state index >= 15 is 0 Å². The second kappa shape index (κ2) is 6.38. The van der Waals surface area contributed by atoms with Crippen LogP contribution in [0.25, 0.3) is 16.8 Å². The summed E-state index contributed by atoms with van der Waals surface area (Å²) >= 11 is 1.67. The molecule has 0 bridgehead atoms. The second-order valence-corrected chi connectivity index (χ2v) is 5.98. The molecule has 116 valence electrons. The summed E-state index contributed by atoms with van der Waals surface area (Å²) in [6.07, 6.45) is 3.69. The molecule has 1 heterocycles. The summed E-state index contributed by atoms with van der Waals surface area (Å²) in [5.41, 5.74) is 2.71. The van der Waals surface area contributed by atoms with Crippen LogP contribution in [0.15, 0.2) is 64.4 Å². The van der Waals surface area contributed by atoms with Gasteiger partial charge in [-0.15, -0.1) is 11.8 Å². The molecular formula is C18H15FN2OS. The van der Waals surface area contributed by atoms with E-state index in [0.717, 1.165) is 11.1 Å². The van der Waals surface area contributed by atoms with Crippen LogP contribution in [0.2, 0.25) is 0 Å². The highest BCUT2D eigenvalue weighted by molar-refractivity contribution is 7.98. The van der Waals surface area contributed by atoms with Crippen molar-refractivity contribution in [2.75, 3.05) is 6.26 Å². The van der Waals surface area contributed by atoms with Gasteiger partial charge in [0.2, 0.25) is 0 Å². The number of hydrogen-bond acceptors (Lipinski definition) is 3. The second-order valence-electron chi connectivity index (χ2n) is 5.11. The van der Waals surface area contributed by atoms with Gasteiger partial charge in [0.15, 0.2) is 0 Å². The van der Waals surface area contributed by atoms with E-state index in [2.05, 4.69) is 5.10 Å². The molecule has 2 aromatic carbocycles. The van der Waals surface area contributed by atoms with E-state index < -0.39 is 0 Å². The van der Waals surface area contributed by atoms with E-state index in [1.54, 1.807) is 24.9 Å². The normalized spacial score (nSPS) is 10.7. The Kier molecular flexibility index (Phi) is 4.30. The Bertz CT molecular complexity index is 886. The monoisotopic (exact) mass is 326 g/mol. The lowest BCUT2D eigenvalue weighted by atomic mass is 10.0. The molecule has 3 aromatic rings. The average molecular weight is 326 g/mol. The minimum Gasteiger partial charge on any atom is -0.267 e. The zero-order chi connectivity index (χ0) is 16.4. The standard InChI is InChI=1S/C18H15FN2OS/c1-12-17(13-3-9-16(23-2)10-4-13)11-20-21(18(12)22)15-7-5-14(19)6-8-15/h3-11H,1-2H3. The summed E-state index contributed by atoms with van der Waals surface area (Å²) in [4.78, 5) is 13.7. The van der Waals surface area contributed by atoms with Gasteiger partial charge in [0, 0.05) is 16.0 Å². The van der Waals surface area contributed by atoms with Crippen LogP contribution in [0.3, 0.4) is 0 Å². The van der Waals surface area contributed by atoms with Crippen molar-refractivity contribution in [2.45, 2.75) is 11.8 Å². The molecule has 0 amide bonds. The molecule has 0 aliphatic carbocycles. The molecule has 3 rings (SSSR count). The molecule has 5 heteroatoms. The fourth-order valence-electron chi connectivity index (χ4n) is 2.37. The van der Waals surface area contributed by atoms with Crippen molar-refractivity contribution < 1.29 is 4.39 Å². The van der Waals surface area contributed by atoms with Gasteiger partial charge in [0.25, 0.3) is 5.56 Å². The number of rotatable bonds is 3. The van der Waals surface area contributed by atoms with Crippen LogP contribution in [0, 0.1) is 12.7 Å². The van der Waals surface area contributed by atoms with Crippen LogP contribution in [-0.4, -0.2) is 16.0 Å². The molecule has 3 nitrogen and oxygen atoms in total. The molecule has 0 aliphatic rings. The van der Waals surface area contributed by atoms with Crippen molar-refractivity contribution in [2.24, 2.45) is 0 Å². The summed E-state index contributed by atoms with van der Waals surface area (Å²) in [6, 6.07) is 13.7. The third-order valence-corrected chi connectivity index (χ3v) is 4.44. The fraction of sp³-hybridized carbons (Fsp3) is 0.111. The summed E-state index contributed by atoms with van der Waals surface area (Å²) in [6.45, 7) is 1.78. The Balaban J connectivity index is 2.06. The molecule has 0 spiro atoms. The van der Waals surface area contributed by atoms with E-state index in [4.69, 9.17) is 0 Å². The first-order valence-corrected chi connectivity index (χ1v) is 8.32. The molecule has 0 saturated carbocycles. The maximum Gasteiger partial charge on any atom is 0.275 e. The zero-order valence-corrected chi connectivity index (χ0v) is 13.6. The maximum absolute atomic E-state index is 13.0. The first-order valence-electron chi connectivity index (χ1n) is 7.09. The van der Waals surface area contributed by atoms with Gasteiger partial charge in [-0.25, -0.2) is 4.39 Å². The van der Waals surface area contributed by atoms with Crippen LogP contribution in [0.4, 0.5) is 4.39 Å². The summed E-state index contributed by atoms with van der Waals surface area (Å²) in [7, 11) is 0. The molecule has 0 N–H and O–H groups in total. The van der Waals surface area contributed by atoms with Crippen LogP contribution in [0.1, 0.15) is 5.56 Å². The zero-order valence-electron chi connectivity index (χ0n) is 12.8. The van der Waals surface area contributed by atoms with Gasteiger partial charge >= 0.3 is 0 Å². The Labute approximate surface area is 137 Å². The number of hydrogen-bond donors (Lipinski definition) is 0. The van der Waals surface area contributed by atoms with Crippen LogP contribution < -0.4 is 5.56 Å². The smallest absolute Gasteiger partial charge is 0.267 e. The first kappa shape index (κ1) is 15.5. The molecule has 23 heavy (non-hydrogen) atoms. The largest absolute Gasteiger partial charge is 0.275 e. The number of halogens is 1. The van der Waals surface area contributed by atoms with E-state index in [0.29, 0.717) is 11.3 Å². The topological polar surface area (TPSA) is 34.9 Å². The minimum absolute atomic E-state index is 0.206. The van der Waals surface area contributed by atoms with Crippen LogP contribution >= 0.6 is 11.8 Å². The lowest BCUT2D eigenvalue weighted by Gasteiger charge is -2.10. The molecule has 0 aliphatic heterocycles. The van der Waals surface area contributed by atoms with Crippen molar-refractivity contribution in [1.29, 1.82) is 0 Å². The van der Waals surface area contributed by atoms with E-state index in [9.17, 15) is 9.18 Å². The van der Waals surface area contributed by atoms with Gasteiger partial charge in [-0.05, 0) is 55.1 Å². The molecule has 1 aromatic heterocycles. The highest BCUT2D eigenvalue weighted by atomic mass is 32.2. The third kappa shape index (κ3) is 3.05. The molecule has 0 atom stereocenters. The van der Waals surface area contributed by atoms with Gasteiger partial charge < -0.3 is 0 Å². The Morgan fingerprint density at radius 1 is 1.04 bits per heavy atom. The predicted octanol–water partition coefficient (Wildman–Crippen LogP) is 4.07. The number of aromatic nitrogens is 2. The van der Waals surface area contributed by atoms with Crippen molar-refractivity contribution in [3.63, 3.8) is 0 Å². The molecular weight excluding hydrogens is 311 g/mol. The van der Waals surface area contributed by atoms with Gasteiger partial charge in [-0.2, -0.15) is 9.78 Å². The van der Waals surface area contributed by atoms with Crippen molar-refractivity contribution >= 4 is 11.8 Å². The van der Waals surface area contributed by atoms with Crippen LogP contribution in [-0.2, 0) is 0 Å². The van der Waals surface area contributed by atoms with Crippen molar-refractivity contribution in [3.8, 4) is 16.8 Å². The van der Waals surface area contributed by atoms with Gasteiger partial charge in [-0.1, -0.05) is 12.1 Å². The summed E-state index contributed by atoms with van der Waals surface area (Å²) in [5.74, 6) is -0.343.